The molecular formula is C16H27NO4. The van der Waals surface area contributed by atoms with Gasteiger partial charge in [0, 0.05) is 0 Å². The second kappa shape index (κ2) is 6.60. The third-order valence-corrected chi connectivity index (χ3v) is 3.18. The number of hydrogen-bond acceptors (Lipinski definition) is 4. The number of ether oxygens (including phenoxy) is 2. The predicted molar refractivity (Wildman–Crippen MR) is 80.9 cm³/mol. The van der Waals surface area contributed by atoms with Gasteiger partial charge in [0.1, 0.15) is 11.3 Å². The maximum absolute atomic E-state index is 12.4. The fourth-order valence-corrected chi connectivity index (χ4v) is 2.31. The van der Waals surface area contributed by atoms with E-state index in [1.54, 1.807) is 11.0 Å². The molecule has 1 amide bonds. The van der Waals surface area contributed by atoms with Crippen molar-refractivity contribution in [2.24, 2.45) is 0 Å². The molecule has 1 atom stereocenters. The van der Waals surface area contributed by atoms with Crippen molar-refractivity contribution >= 4 is 11.9 Å². The molecule has 5 nitrogen and oxygen atoms in total. The van der Waals surface area contributed by atoms with Crippen LogP contribution in [0.3, 0.4) is 0 Å². The van der Waals surface area contributed by atoms with Crippen LogP contribution in [0.2, 0.25) is 0 Å². The van der Waals surface area contributed by atoms with E-state index < -0.39 is 11.3 Å². The zero-order chi connectivity index (χ0) is 16.3. The fourth-order valence-electron chi connectivity index (χ4n) is 2.31. The van der Waals surface area contributed by atoms with Gasteiger partial charge in [-0.2, -0.15) is 0 Å². The monoisotopic (exact) mass is 297 g/mol. The molecule has 0 unspecified atom stereocenters. The highest BCUT2D eigenvalue weighted by atomic mass is 16.6. The van der Waals surface area contributed by atoms with Crippen molar-refractivity contribution in [1.29, 1.82) is 0 Å². The van der Waals surface area contributed by atoms with E-state index >= 15 is 0 Å². The first-order chi connectivity index (χ1) is 9.53. The Hall–Kier alpha value is -1.36. The standard InChI is InChI=1S/C16H27NO4/c1-12(18)9-7-8-10-13-11-20-16(5,6)17(13)14(19)21-15(2,3)4/h7,9,13H,8,10-11H2,1-6H3/b9-7+/t13-/m1/s1. The summed E-state index contributed by atoms with van der Waals surface area (Å²) >= 11 is 0. The number of hydrogen-bond donors (Lipinski definition) is 0. The van der Waals surface area contributed by atoms with Gasteiger partial charge in [-0.1, -0.05) is 6.08 Å². The lowest BCUT2D eigenvalue weighted by Crippen LogP contribution is -2.49. The molecule has 1 heterocycles. The zero-order valence-corrected chi connectivity index (χ0v) is 13.9. The smallest absolute Gasteiger partial charge is 0.412 e. The highest BCUT2D eigenvalue weighted by Gasteiger charge is 2.45. The zero-order valence-electron chi connectivity index (χ0n) is 13.9. The molecule has 0 saturated carbocycles. The van der Waals surface area contributed by atoms with Crippen LogP contribution in [0.4, 0.5) is 4.79 Å². The Morgan fingerprint density at radius 1 is 1.38 bits per heavy atom. The predicted octanol–water partition coefficient (Wildman–Crippen LogP) is 3.28. The summed E-state index contributed by atoms with van der Waals surface area (Å²) in [5, 5.41) is 0. The van der Waals surface area contributed by atoms with Crippen LogP contribution in [-0.2, 0) is 14.3 Å². The quantitative estimate of drug-likeness (QED) is 0.747. The molecule has 21 heavy (non-hydrogen) atoms. The van der Waals surface area contributed by atoms with Gasteiger partial charge in [0.15, 0.2) is 5.78 Å². The van der Waals surface area contributed by atoms with Crippen molar-refractivity contribution in [1.82, 2.24) is 4.90 Å². The largest absolute Gasteiger partial charge is 0.444 e. The Balaban J connectivity index is 2.70. The van der Waals surface area contributed by atoms with Crippen LogP contribution in [0.5, 0.6) is 0 Å². The number of nitrogens with zero attached hydrogens (tertiary/aromatic N) is 1. The summed E-state index contributed by atoms with van der Waals surface area (Å²) in [6.45, 7) is 11.3. The summed E-state index contributed by atoms with van der Waals surface area (Å²) < 4.78 is 11.2. The Labute approximate surface area is 127 Å². The lowest BCUT2D eigenvalue weighted by molar-refractivity contribution is -0.112. The number of rotatable bonds is 4. The van der Waals surface area contributed by atoms with Crippen LogP contribution in [0.15, 0.2) is 12.2 Å². The van der Waals surface area contributed by atoms with Crippen molar-refractivity contribution in [3.05, 3.63) is 12.2 Å². The summed E-state index contributed by atoms with van der Waals surface area (Å²) in [4.78, 5) is 24.9. The SMILES string of the molecule is CC(=O)/C=C/CC[C@@H]1COC(C)(C)N1C(=O)OC(C)(C)C. The summed E-state index contributed by atoms with van der Waals surface area (Å²) in [7, 11) is 0. The van der Waals surface area contributed by atoms with Gasteiger partial charge < -0.3 is 9.47 Å². The van der Waals surface area contributed by atoms with Crippen LogP contribution < -0.4 is 0 Å². The first kappa shape index (κ1) is 17.7. The average Bonchev–Trinajstić information content (AvgIpc) is 2.57. The molecule has 0 radical (unpaired) electrons. The minimum absolute atomic E-state index is 0.0296. The van der Waals surface area contributed by atoms with Crippen molar-refractivity contribution in [3.8, 4) is 0 Å². The van der Waals surface area contributed by atoms with E-state index in [1.165, 1.54) is 6.92 Å². The van der Waals surface area contributed by atoms with Crippen LogP contribution in [0, 0.1) is 0 Å². The van der Waals surface area contributed by atoms with Gasteiger partial charge in [0.05, 0.1) is 12.6 Å². The summed E-state index contributed by atoms with van der Waals surface area (Å²) in [5.74, 6) is 0.0296. The first-order valence-corrected chi connectivity index (χ1v) is 7.36. The molecule has 5 heteroatoms. The molecule has 1 saturated heterocycles. The molecule has 0 aromatic carbocycles. The Bertz CT molecular complexity index is 420. The van der Waals surface area contributed by atoms with Crippen LogP contribution in [0.1, 0.15) is 54.4 Å². The van der Waals surface area contributed by atoms with E-state index in [0.29, 0.717) is 6.61 Å². The molecule has 0 aromatic heterocycles. The molecular weight excluding hydrogens is 270 g/mol. The van der Waals surface area contributed by atoms with E-state index in [2.05, 4.69) is 0 Å². The molecule has 120 valence electrons. The average molecular weight is 297 g/mol. The molecule has 1 rings (SSSR count). The summed E-state index contributed by atoms with van der Waals surface area (Å²) in [5.41, 5.74) is -1.20. The molecule has 1 aliphatic rings. The Morgan fingerprint density at radius 2 is 2.00 bits per heavy atom. The molecule has 0 spiro atoms. The fraction of sp³-hybridized carbons (Fsp3) is 0.750. The van der Waals surface area contributed by atoms with Gasteiger partial charge in [-0.05, 0) is 60.5 Å². The van der Waals surface area contributed by atoms with Crippen molar-refractivity contribution in [2.45, 2.75) is 71.8 Å². The van der Waals surface area contributed by atoms with Gasteiger partial charge in [-0.15, -0.1) is 0 Å². The van der Waals surface area contributed by atoms with Gasteiger partial charge in [-0.25, -0.2) is 4.79 Å². The van der Waals surface area contributed by atoms with Gasteiger partial charge in [-0.3, -0.25) is 9.69 Å². The minimum atomic E-state index is -0.669. The third kappa shape index (κ3) is 5.50. The molecule has 0 aromatic rings. The van der Waals surface area contributed by atoms with Crippen LogP contribution >= 0.6 is 0 Å². The van der Waals surface area contributed by atoms with E-state index in [-0.39, 0.29) is 17.9 Å². The molecule has 0 N–H and O–H groups in total. The summed E-state index contributed by atoms with van der Waals surface area (Å²) in [6, 6.07) is -0.0357. The lowest BCUT2D eigenvalue weighted by Gasteiger charge is -2.35. The molecule has 0 bridgehead atoms. The lowest BCUT2D eigenvalue weighted by atomic mass is 10.1. The highest BCUT2D eigenvalue weighted by molar-refractivity contribution is 5.87. The second-order valence-corrected chi connectivity index (χ2v) is 6.85. The maximum atomic E-state index is 12.4. The number of carbonyl (C=O) groups excluding carboxylic acids is 2. The number of allylic oxidation sites excluding steroid dienone is 2. The second-order valence-electron chi connectivity index (χ2n) is 6.85. The highest BCUT2D eigenvalue weighted by Crippen LogP contribution is 2.31. The number of amides is 1. The van der Waals surface area contributed by atoms with Gasteiger partial charge >= 0.3 is 6.09 Å². The van der Waals surface area contributed by atoms with Gasteiger partial charge in [0.25, 0.3) is 0 Å². The number of ketones is 1. The summed E-state index contributed by atoms with van der Waals surface area (Å²) in [6.07, 6.45) is 4.50. The van der Waals surface area contributed by atoms with Crippen molar-refractivity contribution in [2.75, 3.05) is 6.61 Å². The normalized spacial score (nSPS) is 21.8. The van der Waals surface area contributed by atoms with E-state index in [4.69, 9.17) is 9.47 Å². The topological polar surface area (TPSA) is 55.8 Å². The van der Waals surface area contributed by atoms with E-state index in [9.17, 15) is 9.59 Å². The maximum Gasteiger partial charge on any atom is 0.412 e. The van der Waals surface area contributed by atoms with E-state index in [0.717, 1.165) is 12.8 Å². The minimum Gasteiger partial charge on any atom is -0.444 e. The molecule has 1 fully saturated rings. The molecule has 0 aliphatic carbocycles. The van der Waals surface area contributed by atoms with Crippen molar-refractivity contribution < 1.29 is 19.1 Å². The van der Waals surface area contributed by atoms with Crippen LogP contribution in [-0.4, -0.2) is 40.8 Å². The third-order valence-electron chi connectivity index (χ3n) is 3.18. The molecule has 1 aliphatic heterocycles. The van der Waals surface area contributed by atoms with Gasteiger partial charge in [0.2, 0.25) is 0 Å². The Morgan fingerprint density at radius 3 is 2.52 bits per heavy atom. The van der Waals surface area contributed by atoms with Crippen LogP contribution in [0.25, 0.3) is 0 Å². The Kier molecular flexibility index (Phi) is 5.56. The van der Waals surface area contributed by atoms with E-state index in [1.807, 2.05) is 40.7 Å². The first-order valence-electron chi connectivity index (χ1n) is 7.36. The number of carbonyl (C=O) groups is 2. The van der Waals surface area contributed by atoms with Crippen molar-refractivity contribution in [3.63, 3.8) is 0 Å².